The van der Waals surface area contributed by atoms with Crippen molar-refractivity contribution in [2.24, 2.45) is 5.73 Å². The standard InChI is InChI=1S/C9H19NO2.C3H7NO2/c1-5-6-7-10-8(11)12-9(2,3)4;1-6-3(5)2-4/h5-7H2,1-4H3,(H,10,11);2,4H2,1H3. The summed E-state index contributed by atoms with van der Waals surface area (Å²) in [5.74, 6) is -0.380. The van der Waals surface area contributed by atoms with E-state index >= 15 is 0 Å². The van der Waals surface area contributed by atoms with E-state index in [4.69, 9.17) is 10.5 Å². The van der Waals surface area contributed by atoms with Gasteiger partial charge in [0.15, 0.2) is 0 Å². The lowest BCUT2D eigenvalue weighted by atomic mass is 10.2. The molecule has 0 saturated carbocycles. The summed E-state index contributed by atoms with van der Waals surface area (Å²) in [5, 5.41) is 2.68. The SMILES string of the molecule is CCCCNC(=O)OC(C)(C)C.COC(=O)CN. The van der Waals surface area contributed by atoms with Gasteiger partial charge < -0.3 is 20.5 Å². The van der Waals surface area contributed by atoms with Crippen molar-refractivity contribution in [1.82, 2.24) is 5.32 Å². The summed E-state index contributed by atoms with van der Waals surface area (Å²) in [6.07, 6.45) is 1.76. The lowest BCUT2D eigenvalue weighted by Gasteiger charge is -2.19. The Labute approximate surface area is 109 Å². The third-order valence-corrected chi connectivity index (χ3v) is 1.59. The first-order chi connectivity index (χ1) is 8.26. The number of alkyl carbamates (subject to hydrolysis) is 1. The van der Waals surface area contributed by atoms with Gasteiger partial charge in [0, 0.05) is 6.54 Å². The Balaban J connectivity index is 0. The molecule has 0 spiro atoms. The van der Waals surface area contributed by atoms with E-state index in [0.717, 1.165) is 12.8 Å². The molecule has 0 aromatic heterocycles. The van der Waals surface area contributed by atoms with Crippen molar-refractivity contribution in [3.05, 3.63) is 0 Å². The van der Waals surface area contributed by atoms with Crippen LogP contribution in [0, 0.1) is 0 Å². The van der Waals surface area contributed by atoms with Crippen LogP contribution in [0.1, 0.15) is 40.5 Å². The average Bonchev–Trinajstić information content (AvgIpc) is 2.27. The van der Waals surface area contributed by atoms with Gasteiger partial charge in [-0.25, -0.2) is 4.79 Å². The van der Waals surface area contributed by atoms with Gasteiger partial charge in [0.2, 0.25) is 0 Å². The Morgan fingerprint density at radius 1 is 1.28 bits per heavy atom. The number of ether oxygens (including phenoxy) is 2. The van der Waals surface area contributed by atoms with E-state index in [1.54, 1.807) is 0 Å². The molecule has 0 aliphatic rings. The number of nitrogens with two attached hydrogens (primary N) is 1. The maximum atomic E-state index is 11.0. The molecule has 0 radical (unpaired) electrons. The minimum absolute atomic E-state index is 0.0312. The van der Waals surface area contributed by atoms with Crippen molar-refractivity contribution in [2.75, 3.05) is 20.2 Å². The van der Waals surface area contributed by atoms with E-state index in [0.29, 0.717) is 6.54 Å². The highest BCUT2D eigenvalue weighted by atomic mass is 16.6. The van der Waals surface area contributed by atoms with Crippen LogP contribution in [0.2, 0.25) is 0 Å². The molecule has 0 rings (SSSR count). The zero-order chi connectivity index (χ0) is 14.6. The molecule has 108 valence electrons. The van der Waals surface area contributed by atoms with E-state index < -0.39 is 5.60 Å². The van der Waals surface area contributed by atoms with Gasteiger partial charge in [-0.2, -0.15) is 0 Å². The summed E-state index contributed by atoms with van der Waals surface area (Å²) in [5.41, 5.74) is 4.42. The number of carbonyl (C=O) groups is 2. The van der Waals surface area contributed by atoms with Gasteiger partial charge in [0.25, 0.3) is 0 Å². The monoisotopic (exact) mass is 262 g/mol. The molecule has 0 aliphatic heterocycles. The number of rotatable bonds is 4. The number of amides is 1. The first kappa shape index (κ1) is 19.0. The fraction of sp³-hybridized carbons (Fsp3) is 0.833. The fourth-order valence-electron chi connectivity index (χ4n) is 0.765. The first-order valence-corrected chi connectivity index (χ1v) is 6.00. The topological polar surface area (TPSA) is 90.6 Å². The van der Waals surface area contributed by atoms with Gasteiger partial charge >= 0.3 is 12.1 Å². The third kappa shape index (κ3) is 17.1. The highest BCUT2D eigenvalue weighted by Gasteiger charge is 2.14. The Hall–Kier alpha value is -1.30. The molecule has 6 nitrogen and oxygen atoms in total. The van der Waals surface area contributed by atoms with Crippen LogP contribution < -0.4 is 11.1 Å². The van der Waals surface area contributed by atoms with Crippen molar-refractivity contribution in [2.45, 2.75) is 46.1 Å². The molecule has 0 fully saturated rings. The zero-order valence-electron chi connectivity index (χ0n) is 12.0. The van der Waals surface area contributed by atoms with E-state index in [1.807, 2.05) is 20.8 Å². The Bertz CT molecular complexity index is 231. The van der Waals surface area contributed by atoms with E-state index in [-0.39, 0.29) is 18.6 Å². The van der Waals surface area contributed by atoms with Crippen LogP contribution >= 0.6 is 0 Å². The summed E-state index contributed by atoms with van der Waals surface area (Å²) in [6, 6.07) is 0. The minimum Gasteiger partial charge on any atom is -0.468 e. The molecule has 3 N–H and O–H groups in total. The average molecular weight is 262 g/mol. The first-order valence-electron chi connectivity index (χ1n) is 6.00. The highest BCUT2D eigenvalue weighted by molar-refractivity contribution is 5.71. The second-order valence-corrected chi connectivity index (χ2v) is 4.56. The van der Waals surface area contributed by atoms with E-state index in [2.05, 4.69) is 17.0 Å². The lowest BCUT2D eigenvalue weighted by Crippen LogP contribution is -2.32. The summed E-state index contributed by atoms with van der Waals surface area (Å²) in [7, 11) is 1.30. The molecule has 6 heteroatoms. The quantitative estimate of drug-likeness (QED) is 0.591. The molecule has 0 bridgehead atoms. The van der Waals surface area contributed by atoms with Crippen molar-refractivity contribution in [1.29, 1.82) is 0 Å². The van der Waals surface area contributed by atoms with Gasteiger partial charge in [-0.1, -0.05) is 13.3 Å². The molecule has 0 aromatic carbocycles. The van der Waals surface area contributed by atoms with Gasteiger partial charge in [-0.15, -0.1) is 0 Å². The summed E-state index contributed by atoms with van der Waals surface area (Å²) in [4.78, 5) is 20.8. The Kier molecular flexibility index (Phi) is 11.5. The lowest BCUT2D eigenvalue weighted by molar-refractivity contribution is -0.138. The second-order valence-electron chi connectivity index (χ2n) is 4.56. The number of hydrogen-bond acceptors (Lipinski definition) is 5. The number of esters is 1. The predicted molar refractivity (Wildman–Crippen MR) is 70.2 cm³/mol. The number of nitrogens with one attached hydrogen (secondary N) is 1. The van der Waals surface area contributed by atoms with E-state index in [1.165, 1.54) is 7.11 Å². The number of carbonyl (C=O) groups excluding carboxylic acids is 2. The molecule has 18 heavy (non-hydrogen) atoms. The number of methoxy groups -OCH3 is 1. The van der Waals surface area contributed by atoms with Crippen molar-refractivity contribution in [3.63, 3.8) is 0 Å². The largest absolute Gasteiger partial charge is 0.468 e. The van der Waals surface area contributed by atoms with Crippen molar-refractivity contribution < 1.29 is 19.1 Å². The van der Waals surface area contributed by atoms with Gasteiger partial charge in [0.05, 0.1) is 13.7 Å². The van der Waals surface area contributed by atoms with Crippen LogP contribution in [-0.2, 0) is 14.3 Å². The molecule has 0 aromatic rings. The molecule has 0 unspecified atom stereocenters. The molecule has 0 saturated heterocycles. The zero-order valence-corrected chi connectivity index (χ0v) is 12.0. The van der Waals surface area contributed by atoms with Crippen LogP contribution in [0.5, 0.6) is 0 Å². The summed E-state index contributed by atoms with van der Waals surface area (Å²) in [6.45, 7) is 8.31. The van der Waals surface area contributed by atoms with Crippen molar-refractivity contribution in [3.8, 4) is 0 Å². The Morgan fingerprint density at radius 2 is 1.83 bits per heavy atom. The molecule has 1 amide bonds. The fourth-order valence-corrected chi connectivity index (χ4v) is 0.765. The van der Waals surface area contributed by atoms with Crippen LogP contribution in [0.15, 0.2) is 0 Å². The molecular weight excluding hydrogens is 236 g/mol. The molecule has 0 atom stereocenters. The molecule has 0 heterocycles. The van der Waals surface area contributed by atoms with Crippen LogP contribution in [0.4, 0.5) is 4.79 Å². The highest BCUT2D eigenvalue weighted by Crippen LogP contribution is 2.06. The summed E-state index contributed by atoms with van der Waals surface area (Å²) >= 11 is 0. The smallest absolute Gasteiger partial charge is 0.407 e. The maximum Gasteiger partial charge on any atom is 0.407 e. The van der Waals surface area contributed by atoms with Crippen LogP contribution in [-0.4, -0.2) is 37.9 Å². The van der Waals surface area contributed by atoms with Gasteiger partial charge in [-0.3, -0.25) is 4.79 Å². The van der Waals surface area contributed by atoms with Crippen LogP contribution in [0.25, 0.3) is 0 Å². The maximum absolute atomic E-state index is 11.0. The second kappa shape index (κ2) is 10.8. The van der Waals surface area contributed by atoms with Gasteiger partial charge in [0.1, 0.15) is 5.60 Å². The van der Waals surface area contributed by atoms with Crippen LogP contribution in [0.3, 0.4) is 0 Å². The molecule has 0 aliphatic carbocycles. The number of unbranched alkanes of at least 4 members (excludes halogenated alkanes) is 1. The van der Waals surface area contributed by atoms with E-state index in [9.17, 15) is 9.59 Å². The number of hydrogen-bond donors (Lipinski definition) is 2. The van der Waals surface area contributed by atoms with Crippen molar-refractivity contribution >= 4 is 12.1 Å². The Morgan fingerprint density at radius 3 is 2.11 bits per heavy atom. The minimum atomic E-state index is -0.393. The molecular formula is C12H26N2O4. The van der Waals surface area contributed by atoms with Gasteiger partial charge in [-0.05, 0) is 27.2 Å². The predicted octanol–water partition coefficient (Wildman–Crippen LogP) is 1.43. The summed E-state index contributed by atoms with van der Waals surface area (Å²) < 4.78 is 9.17. The normalized spacial score (nSPS) is 9.89. The third-order valence-electron chi connectivity index (χ3n) is 1.59.